The van der Waals surface area contributed by atoms with Crippen molar-refractivity contribution in [2.24, 2.45) is 0 Å². The largest absolute Gasteiger partial charge is 0.415 e. The van der Waals surface area contributed by atoms with Gasteiger partial charge in [-0.3, -0.25) is 0 Å². The van der Waals surface area contributed by atoms with Gasteiger partial charge in [-0.2, -0.15) is 10.5 Å². The van der Waals surface area contributed by atoms with E-state index in [2.05, 4.69) is 0 Å². The molecule has 0 amide bonds. The predicted molar refractivity (Wildman–Crippen MR) is 43.9 cm³/mol. The number of hydrogen-bond acceptors (Lipinski definition) is 4. The van der Waals surface area contributed by atoms with Gasteiger partial charge in [0.2, 0.25) is 0 Å². The van der Waals surface area contributed by atoms with E-state index in [0.29, 0.717) is 0 Å². The van der Waals surface area contributed by atoms with Crippen LogP contribution in [0, 0.1) is 23.0 Å². The topological polar surface area (TPSA) is 66.0 Å². The summed E-state index contributed by atoms with van der Waals surface area (Å²) in [5.41, 5.74) is -0.876. The molecule has 0 spiro atoms. The first-order chi connectivity index (χ1) is 6.23. The van der Waals surface area contributed by atoms with E-state index in [0.717, 1.165) is 0 Å². The Kier molecular flexibility index (Phi) is 2.56. The summed E-state index contributed by atoms with van der Waals surface area (Å²) in [5, 5.41) is 16.8. The van der Waals surface area contributed by atoms with Crippen LogP contribution in [0.1, 0.15) is 6.92 Å². The number of rotatable bonds is 2. The molecule has 0 bridgehead atoms. The monoisotopic (exact) mass is 176 g/mol. The highest BCUT2D eigenvalue weighted by atomic mass is 16.5. The molecule has 0 radical (unpaired) electrons. The molecule has 2 unspecified atom stereocenters. The fraction of sp³-hybridized carbons (Fsp3) is 0.333. The van der Waals surface area contributed by atoms with Gasteiger partial charge in [0.25, 0.3) is 12.5 Å². The van der Waals surface area contributed by atoms with Crippen LogP contribution in [0.3, 0.4) is 0 Å². The summed E-state index contributed by atoms with van der Waals surface area (Å²) < 4.78 is 9.57. The highest BCUT2D eigenvalue weighted by Crippen LogP contribution is 2.24. The zero-order valence-electron chi connectivity index (χ0n) is 7.10. The molecule has 0 heterocycles. The van der Waals surface area contributed by atoms with Gasteiger partial charge in [-0.25, -0.2) is 0 Å². The fourth-order valence-electron chi connectivity index (χ4n) is 1.10. The average molecular weight is 176 g/mol. The highest BCUT2D eigenvalue weighted by Gasteiger charge is 2.35. The molecule has 0 aromatic heterocycles. The minimum absolute atomic E-state index is 0.540. The first kappa shape index (κ1) is 9.15. The molecule has 0 saturated carbocycles. The molecule has 4 heteroatoms. The van der Waals surface area contributed by atoms with E-state index in [1.165, 1.54) is 0 Å². The SMILES string of the molecule is CC1(OC#N)C=CC=CC1OC#N. The predicted octanol–water partition coefficient (Wildman–Crippen LogP) is 1.24. The second-order valence-corrected chi connectivity index (χ2v) is 2.75. The molecule has 1 aliphatic rings. The third kappa shape index (κ3) is 1.80. The molecule has 13 heavy (non-hydrogen) atoms. The van der Waals surface area contributed by atoms with Crippen molar-refractivity contribution in [3.8, 4) is 12.5 Å². The van der Waals surface area contributed by atoms with E-state index < -0.39 is 11.7 Å². The van der Waals surface area contributed by atoms with Crippen molar-refractivity contribution in [2.45, 2.75) is 18.6 Å². The van der Waals surface area contributed by atoms with Gasteiger partial charge in [-0.1, -0.05) is 12.2 Å². The quantitative estimate of drug-likeness (QED) is 0.593. The minimum Gasteiger partial charge on any atom is -0.415 e. The van der Waals surface area contributed by atoms with Gasteiger partial charge in [0.05, 0.1) is 0 Å². The van der Waals surface area contributed by atoms with Crippen LogP contribution in [-0.4, -0.2) is 11.7 Å². The maximum absolute atomic E-state index is 8.40. The van der Waals surface area contributed by atoms with Crippen LogP contribution in [0.15, 0.2) is 24.3 Å². The van der Waals surface area contributed by atoms with Gasteiger partial charge in [0.15, 0.2) is 11.7 Å². The molecule has 1 rings (SSSR count). The molecular weight excluding hydrogens is 168 g/mol. The van der Waals surface area contributed by atoms with Crippen molar-refractivity contribution < 1.29 is 9.47 Å². The Morgan fingerprint density at radius 3 is 2.69 bits per heavy atom. The first-order valence-corrected chi connectivity index (χ1v) is 3.71. The smallest absolute Gasteiger partial charge is 0.287 e. The molecule has 0 saturated heterocycles. The lowest BCUT2D eigenvalue weighted by atomic mass is 9.94. The number of hydrogen-bond donors (Lipinski definition) is 0. The Morgan fingerprint density at radius 2 is 2.08 bits per heavy atom. The summed E-state index contributed by atoms with van der Waals surface area (Å²) in [6.07, 6.45) is 9.46. The molecule has 4 nitrogen and oxygen atoms in total. The van der Waals surface area contributed by atoms with E-state index in [1.54, 1.807) is 43.7 Å². The number of nitriles is 2. The van der Waals surface area contributed by atoms with Crippen molar-refractivity contribution in [3.63, 3.8) is 0 Å². The fourth-order valence-corrected chi connectivity index (χ4v) is 1.10. The third-order valence-electron chi connectivity index (χ3n) is 1.83. The Balaban J connectivity index is 2.82. The summed E-state index contributed by atoms with van der Waals surface area (Å²) in [5.74, 6) is 0. The standard InChI is InChI=1S/C9H8N2O2/c1-9(13-7-11)5-3-2-4-8(9)12-6-10/h2-5,8H,1H3. The van der Waals surface area contributed by atoms with Crippen LogP contribution in [0.25, 0.3) is 0 Å². The lowest BCUT2D eigenvalue weighted by molar-refractivity contribution is -0.00548. The van der Waals surface area contributed by atoms with Gasteiger partial charge in [-0.15, -0.1) is 0 Å². The van der Waals surface area contributed by atoms with E-state index in [4.69, 9.17) is 20.0 Å². The van der Waals surface area contributed by atoms with Crippen LogP contribution in [0.2, 0.25) is 0 Å². The van der Waals surface area contributed by atoms with Crippen LogP contribution in [0.5, 0.6) is 0 Å². The normalized spacial score (nSPS) is 30.2. The maximum atomic E-state index is 8.40. The Labute approximate surface area is 76.3 Å². The summed E-state index contributed by atoms with van der Waals surface area (Å²) >= 11 is 0. The Hall–Kier alpha value is -1.94. The summed E-state index contributed by atoms with van der Waals surface area (Å²) in [4.78, 5) is 0. The van der Waals surface area contributed by atoms with Crippen LogP contribution >= 0.6 is 0 Å². The molecule has 0 fully saturated rings. The molecule has 66 valence electrons. The van der Waals surface area contributed by atoms with Crippen molar-refractivity contribution in [1.82, 2.24) is 0 Å². The molecule has 1 aliphatic carbocycles. The summed E-state index contributed by atoms with van der Waals surface area (Å²) in [6, 6.07) is 0. The van der Waals surface area contributed by atoms with E-state index in [-0.39, 0.29) is 0 Å². The second kappa shape index (κ2) is 3.64. The molecule has 2 atom stereocenters. The van der Waals surface area contributed by atoms with Crippen molar-refractivity contribution in [1.29, 1.82) is 10.5 Å². The molecule has 0 aromatic rings. The molecule has 0 aliphatic heterocycles. The lowest BCUT2D eigenvalue weighted by Gasteiger charge is -2.29. The van der Waals surface area contributed by atoms with Crippen LogP contribution in [-0.2, 0) is 9.47 Å². The molecule has 0 aromatic carbocycles. The second-order valence-electron chi connectivity index (χ2n) is 2.75. The van der Waals surface area contributed by atoms with Gasteiger partial charge < -0.3 is 9.47 Å². The third-order valence-corrected chi connectivity index (χ3v) is 1.83. The number of nitrogens with zero attached hydrogens (tertiary/aromatic N) is 2. The van der Waals surface area contributed by atoms with Gasteiger partial charge in [0.1, 0.15) is 0 Å². The van der Waals surface area contributed by atoms with Gasteiger partial charge in [-0.05, 0) is 19.1 Å². The van der Waals surface area contributed by atoms with Crippen molar-refractivity contribution >= 4 is 0 Å². The molecule has 0 N–H and O–H groups in total. The van der Waals surface area contributed by atoms with Crippen LogP contribution in [0.4, 0.5) is 0 Å². The number of ether oxygens (including phenoxy) is 2. The zero-order chi connectivity index (χ0) is 9.73. The first-order valence-electron chi connectivity index (χ1n) is 3.71. The van der Waals surface area contributed by atoms with Crippen LogP contribution < -0.4 is 0 Å². The van der Waals surface area contributed by atoms with E-state index >= 15 is 0 Å². The zero-order valence-corrected chi connectivity index (χ0v) is 7.10. The van der Waals surface area contributed by atoms with Crippen molar-refractivity contribution in [3.05, 3.63) is 24.3 Å². The number of allylic oxidation sites excluding steroid dienone is 2. The van der Waals surface area contributed by atoms with E-state index in [1.807, 2.05) is 0 Å². The van der Waals surface area contributed by atoms with Gasteiger partial charge in [0, 0.05) is 0 Å². The highest BCUT2D eigenvalue weighted by molar-refractivity contribution is 5.23. The van der Waals surface area contributed by atoms with Gasteiger partial charge >= 0.3 is 0 Å². The Bertz CT molecular complexity index is 321. The summed E-state index contributed by atoms with van der Waals surface area (Å²) in [7, 11) is 0. The maximum Gasteiger partial charge on any atom is 0.287 e. The average Bonchev–Trinajstić information content (AvgIpc) is 2.10. The minimum atomic E-state index is -0.876. The lowest BCUT2D eigenvalue weighted by Crippen LogP contribution is -2.40. The van der Waals surface area contributed by atoms with Crippen molar-refractivity contribution in [2.75, 3.05) is 0 Å². The molecular formula is C9H8N2O2. The summed E-state index contributed by atoms with van der Waals surface area (Å²) in [6.45, 7) is 1.68. The Morgan fingerprint density at radius 1 is 1.31 bits per heavy atom. The van der Waals surface area contributed by atoms with E-state index in [9.17, 15) is 0 Å².